The molecule has 2 aromatic carbocycles. The summed E-state index contributed by atoms with van der Waals surface area (Å²) in [5, 5.41) is 11.5. The van der Waals surface area contributed by atoms with Crippen molar-refractivity contribution in [2.24, 2.45) is 16.3 Å². The monoisotopic (exact) mass is 612 g/mol. The summed E-state index contributed by atoms with van der Waals surface area (Å²) in [5.41, 5.74) is 3.34. The van der Waals surface area contributed by atoms with Crippen molar-refractivity contribution in [1.82, 2.24) is 15.2 Å². The predicted octanol–water partition coefficient (Wildman–Crippen LogP) is 6.81. The van der Waals surface area contributed by atoms with Crippen LogP contribution in [0.5, 0.6) is 0 Å². The molecule has 236 valence electrons. The zero-order valence-corrected chi connectivity index (χ0v) is 26.3. The highest BCUT2D eigenvalue weighted by Gasteiger charge is 2.52. The third-order valence-corrected chi connectivity index (χ3v) is 9.28. The Kier molecular flexibility index (Phi) is 9.18. The van der Waals surface area contributed by atoms with Gasteiger partial charge in [-0.3, -0.25) is 19.4 Å². The molecule has 1 aliphatic carbocycles. The average Bonchev–Trinajstić information content (AvgIpc) is 3.28. The van der Waals surface area contributed by atoms with Gasteiger partial charge in [-0.25, -0.2) is 4.98 Å². The summed E-state index contributed by atoms with van der Waals surface area (Å²) in [6.45, 7) is 8.90. The van der Waals surface area contributed by atoms with E-state index in [1.807, 2.05) is 41.3 Å². The summed E-state index contributed by atoms with van der Waals surface area (Å²) in [4.78, 5) is 48.8. The fourth-order valence-corrected chi connectivity index (χ4v) is 6.77. The second kappa shape index (κ2) is 12.9. The van der Waals surface area contributed by atoms with Crippen molar-refractivity contribution in [3.8, 4) is 11.1 Å². The van der Waals surface area contributed by atoms with E-state index in [1.54, 1.807) is 18.2 Å². The Balaban J connectivity index is 1.48. The fourth-order valence-electron chi connectivity index (χ4n) is 6.77. The van der Waals surface area contributed by atoms with Gasteiger partial charge in [0.05, 0.1) is 12.5 Å². The van der Waals surface area contributed by atoms with Crippen LogP contribution in [0.2, 0.25) is 0 Å². The molecule has 2 heterocycles. The van der Waals surface area contributed by atoms with Crippen LogP contribution >= 0.6 is 0 Å². The Labute approximate surface area is 263 Å². The van der Waals surface area contributed by atoms with Crippen LogP contribution in [-0.4, -0.2) is 50.7 Å². The highest BCUT2D eigenvalue weighted by Crippen LogP contribution is 2.49. The first-order valence-electron chi connectivity index (χ1n) is 15.7. The number of rotatable bonds is 9. The largest absolute Gasteiger partial charge is 0.481 e. The molecule has 45 heavy (non-hydrogen) atoms. The SMILES string of the molecule is CC[C@H](c1ccc(C(=O)NCCC(=O)O)cc1)N1C(=O)C(c2cccc(-c3ccnc(F)c3)c2)=NC12CCC(C(C)(C)C)CC2. The molecule has 8 nitrogen and oxygen atoms in total. The quantitative estimate of drug-likeness (QED) is 0.258. The number of pyridine rings is 1. The summed E-state index contributed by atoms with van der Waals surface area (Å²) in [6.07, 6.45) is 5.33. The highest BCUT2D eigenvalue weighted by atomic mass is 19.1. The Morgan fingerprint density at radius 2 is 1.71 bits per heavy atom. The predicted molar refractivity (Wildman–Crippen MR) is 171 cm³/mol. The number of nitrogens with zero attached hydrogens (tertiary/aromatic N) is 3. The van der Waals surface area contributed by atoms with Gasteiger partial charge in [-0.15, -0.1) is 0 Å². The molecule has 1 atom stereocenters. The van der Waals surface area contributed by atoms with Gasteiger partial charge in [-0.2, -0.15) is 4.39 Å². The lowest BCUT2D eigenvalue weighted by atomic mass is 9.69. The Morgan fingerprint density at radius 1 is 1.04 bits per heavy atom. The zero-order chi connectivity index (χ0) is 32.4. The maximum absolute atomic E-state index is 14.5. The van der Waals surface area contributed by atoms with Crippen LogP contribution < -0.4 is 5.32 Å². The molecular formula is C36H41FN4O4. The van der Waals surface area contributed by atoms with E-state index in [9.17, 15) is 18.8 Å². The normalized spacial score (nSPS) is 20.6. The number of aromatic nitrogens is 1. The number of nitrogens with one attached hydrogen (secondary N) is 1. The topological polar surface area (TPSA) is 112 Å². The molecule has 2 aliphatic rings. The van der Waals surface area contributed by atoms with Crippen molar-refractivity contribution in [1.29, 1.82) is 0 Å². The molecule has 1 spiro atoms. The lowest BCUT2D eigenvalue weighted by Gasteiger charge is -2.47. The van der Waals surface area contributed by atoms with Crippen LogP contribution in [0.15, 0.2) is 71.9 Å². The van der Waals surface area contributed by atoms with E-state index in [2.05, 4.69) is 38.0 Å². The molecule has 0 unspecified atom stereocenters. The van der Waals surface area contributed by atoms with Crippen LogP contribution in [0.4, 0.5) is 4.39 Å². The second-order valence-corrected chi connectivity index (χ2v) is 13.2. The lowest BCUT2D eigenvalue weighted by Crippen LogP contribution is -2.51. The number of hydrogen-bond acceptors (Lipinski definition) is 5. The minimum Gasteiger partial charge on any atom is -0.481 e. The number of hydrogen-bond donors (Lipinski definition) is 2. The summed E-state index contributed by atoms with van der Waals surface area (Å²) in [5.74, 6) is -1.50. The van der Waals surface area contributed by atoms with Gasteiger partial charge >= 0.3 is 5.97 Å². The number of benzene rings is 2. The minimum absolute atomic E-state index is 0.0469. The van der Waals surface area contributed by atoms with E-state index in [4.69, 9.17) is 10.1 Å². The first kappa shape index (κ1) is 32.0. The van der Waals surface area contributed by atoms with Crippen molar-refractivity contribution < 1.29 is 23.9 Å². The minimum atomic E-state index is -0.975. The van der Waals surface area contributed by atoms with Gasteiger partial charge in [0.15, 0.2) is 0 Å². The van der Waals surface area contributed by atoms with Crippen LogP contribution in [0, 0.1) is 17.3 Å². The second-order valence-electron chi connectivity index (χ2n) is 13.2. The standard InChI is InChI=1S/C36H41FN4O4/c1-5-29(23-9-11-24(12-10-23)33(44)39-20-16-31(42)43)41-34(45)32(40-36(41)17-13-28(14-18-36)35(2,3)4)27-8-6-7-25(21-27)26-15-19-38-30(37)22-26/h6-12,15,19,21-22,28-29H,5,13-14,16-18,20H2,1-4H3,(H,39,44)(H,42,43)/t28?,29-,36?/m1/s1. The molecule has 1 aromatic heterocycles. The number of aliphatic imine (C=N–C) groups is 1. The van der Waals surface area contributed by atoms with Gasteiger partial charge in [-0.05, 0) is 84.4 Å². The van der Waals surface area contributed by atoms with E-state index in [-0.39, 0.29) is 36.2 Å². The van der Waals surface area contributed by atoms with Crippen molar-refractivity contribution in [3.05, 3.63) is 89.5 Å². The number of carboxylic acid groups (broad SMARTS) is 1. The Hall–Kier alpha value is -4.40. The van der Waals surface area contributed by atoms with Crippen molar-refractivity contribution >= 4 is 23.5 Å². The molecule has 0 radical (unpaired) electrons. The fraction of sp³-hybridized carbons (Fsp3) is 0.417. The molecular weight excluding hydrogens is 571 g/mol. The molecule has 2 amide bonds. The molecule has 1 fully saturated rings. The Morgan fingerprint density at radius 3 is 2.33 bits per heavy atom. The van der Waals surface area contributed by atoms with Crippen molar-refractivity contribution in [3.63, 3.8) is 0 Å². The van der Waals surface area contributed by atoms with E-state index >= 15 is 0 Å². The zero-order valence-electron chi connectivity index (χ0n) is 26.3. The molecule has 1 saturated carbocycles. The van der Waals surface area contributed by atoms with Crippen LogP contribution in [0.25, 0.3) is 11.1 Å². The number of carbonyl (C=O) groups excluding carboxylic acids is 2. The molecule has 0 saturated heterocycles. The molecule has 1 aliphatic heterocycles. The van der Waals surface area contributed by atoms with E-state index in [0.717, 1.165) is 36.8 Å². The van der Waals surface area contributed by atoms with Gasteiger partial charge < -0.3 is 15.3 Å². The number of amides is 2. The smallest absolute Gasteiger partial charge is 0.305 e. The molecule has 3 aromatic rings. The number of aliphatic carboxylic acids is 1. The van der Waals surface area contributed by atoms with Gasteiger partial charge in [0.2, 0.25) is 5.95 Å². The summed E-state index contributed by atoms with van der Waals surface area (Å²) >= 11 is 0. The van der Waals surface area contributed by atoms with Gasteiger partial charge in [-0.1, -0.05) is 58.0 Å². The molecule has 5 rings (SSSR count). The number of carbonyl (C=O) groups is 3. The van der Waals surface area contributed by atoms with Crippen LogP contribution in [-0.2, 0) is 9.59 Å². The van der Waals surface area contributed by atoms with Crippen molar-refractivity contribution in [2.75, 3.05) is 6.54 Å². The number of carboxylic acids is 1. The van der Waals surface area contributed by atoms with Crippen LogP contribution in [0.1, 0.15) is 93.7 Å². The van der Waals surface area contributed by atoms with Crippen molar-refractivity contribution in [2.45, 2.75) is 77.9 Å². The van der Waals surface area contributed by atoms with Gasteiger partial charge in [0.1, 0.15) is 11.4 Å². The molecule has 0 bridgehead atoms. The summed E-state index contributed by atoms with van der Waals surface area (Å²) in [6, 6.07) is 17.6. The third kappa shape index (κ3) is 6.82. The van der Waals surface area contributed by atoms with Gasteiger partial charge in [0.25, 0.3) is 11.8 Å². The van der Waals surface area contributed by atoms with E-state index in [1.165, 1.54) is 12.3 Å². The maximum atomic E-state index is 14.5. The highest BCUT2D eigenvalue weighted by molar-refractivity contribution is 6.47. The first-order valence-corrected chi connectivity index (χ1v) is 15.7. The maximum Gasteiger partial charge on any atom is 0.305 e. The van der Waals surface area contributed by atoms with Crippen LogP contribution in [0.3, 0.4) is 0 Å². The van der Waals surface area contributed by atoms with E-state index in [0.29, 0.717) is 34.7 Å². The lowest BCUT2D eigenvalue weighted by molar-refractivity contribution is -0.137. The van der Waals surface area contributed by atoms with Gasteiger partial charge in [0, 0.05) is 29.9 Å². The first-order chi connectivity index (χ1) is 21.4. The summed E-state index contributed by atoms with van der Waals surface area (Å²) in [7, 11) is 0. The average molecular weight is 613 g/mol. The number of halogens is 1. The third-order valence-electron chi connectivity index (χ3n) is 9.28. The molecule has 9 heteroatoms. The molecule has 2 N–H and O–H groups in total. The van der Waals surface area contributed by atoms with E-state index < -0.39 is 17.6 Å². The summed E-state index contributed by atoms with van der Waals surface area (Å²) < 4.78 is 13.9. The Bertz CT molecular complexity index is 1600.